The number of rotatable bonds is 33. The number of sulfone groups is 2. The Hall–Kier alpha value is -10.7. The summed E-state index contributed by atoms with van der Waals surface area (Å²) in [4.78, 5) is 119. The van der Waals surface area contributed by atoms with Crippen molar-refractivity contribution in [3.8, 4) is 57.5 Å². The Labute approximate surface area is 557 Å². The molecule has 8 amide bonds. The first kappa shape index (κ1) is 78.8. The summed E-state index contributed by atoms with van der Waals surface area (Å²) in [6.07, 6.45) is 1.32. The number of aliphatic carboxylic acids is 1. The number of hydrogen-bond donors (Lipinski definition) is 6. The maximum Gasteiger partial charge on any atom is 0.412 e. The molecule has 0 bridgehead atoms. The predicted octanol–water partition coefficient (Wildman–Crippen LogP) is 4.58. The molecule has 6 rings (SSSR count). The van der Waals surface area contributed by atoms with Crippen LogP contribution in [-0.2, 0) is 74.4 Å². The number of carbonyl (C=O) groups is 10. The number of hydrogen-bond acceptors (Lipinski definition) is 26. The van der Waals surface area contributed by atoms with Crippen molar-refractivity contribution in [1.29, 1.82) is 0 Å². The van der Waals surface area contributed by atoms with Crippen LogP contribution in [0.5, 0.6) is 57.5 Å². The molecule has 0 spiro atoms. The zero-order valence-corrected chi connectivity index (χ0v) is 55.8. The highest BCUT2D eigenvalue weighted by Crippen LogP contribution is 2.38. The second-order valence-electron chi connectivity index (χ2n) is 20.2. The summed E-state index contributed by atoms with van der Waals surface area (Å²) < 4.78 is 105. The van der Waals surface area contributed by atoms with Gasteiger partial charge in [0.1, 0.15) is 34.5 Å². The summed E-state index contributed by atoms with van der Waals surface area (Å²) in [6.45, 7) is 0.182. The van der Waals surface area contributed by atoms with Gasteiger partial charge in [-0.2, -0.15) is 5.06 Å². The molecule has 97 heavy (non-hydrogen) atoms. The van der Waals surface area contributed by atoms with Gasteiger partial charge in [-0.25, -0.2) is 31.2 Å². The first-order valence-corrected chi connectivity index (χ1v) is 32.6. The summed E-state index contributed by atoms with van der Waals surface area (Å²) in [7, 11) is 3.82. The molecule has 0 aliphatic carbocycles. The second-order valence-corrected chi connectivity index (χ2v) is 23.9. The zero-order chi connectivity index (χ0) is 71.8. The number of hydroxylamine groups is 4. The summed E-state index contributed by atoms with van der Waals surface area (Å²) in [6, 6.07) is 15.1. The molecular formula is C62H76N6O27S2. The quantitative estimate of drug-likeness (QED) is 0.0216. The van der Waals surface area contributed by atoms with Crippen LogP contribution in [0, 0.1) is 0 Å². The van der Waals surface area contributed by atoms with E-state index in [-0.39, 0.29) is 124 Å². The lowest BCUT2D eigenvalue weighted by atomic mass is 10.1. The van der Waals surface area contributed by atoms with Gasteiger partial charge in [-0.15, -0.1) is 5.06 Å². The summed E-state index contributed by atoms with van der Waals surface area (Å²) in [5.41, 5.74) is 1.45. The molecule has 2 aliphatic heterocycles. The molecule has 35 heteroatoms. The van der Waals surface area contributed by atoms with Crippen LogP contribution in [0.25, 0.3) is 12.2 Å². The third-order valence-electron chi connectivity index (χ3n) is 13.2. The molecule has 528 valence electrons. The molecule has 0 radical (unpaired) electrons. The average molecular weight is 1400 g/mol. The largest absolute Gasteiger partial charge is 0.496 e. The van der Waals surface area contributed by atoms with Crippen molar-refractivity contribution >= 4 is 91.4 Å². The van der Waals surface area contributed by atoms with Crippen molar-refractivity contribution in [1.82, 2.24) is 31.4 Å². The second kappa shape index (κ2) is 39.2. The van der Waals surface area contributed by atoms with Gasteiger partial charge in [0.05, 0.1) is 79.5 Å². The van der Waals surface area contributed by atoms with Gasteiger partial charge < -0.3 is 78.6 Å². The minimum absolute atomic E-state index is 0.00196. The third kappa shape index (κ3) is 26.6. The number of carboxylic acid groups (broad SMARTS) is 1. The van der Waals surface area contributed by atoms with Gasteiger partial charge >= 0.3 is 24.1 Å². The summed E-state index contributed by atoms with van der Waals surface area (Å²) >= 11 is 0. The smallest absolute Gasteiger partial charge is 0.412 e. The number of nitrogens with one attached hydrogen (secondary N) is 4. The Bertz CT molecular complexity index is 3700. The van der Waals surface area contributed by atoms with E-state index in [1.807, 2.05) is 0 Å². The van der Waals surface area contributed by atoms with Crippen LogP contribution in [0.4, 0.5) is 9.59 Å². The van der Waals surface area contributed by atoms with E-state index in [9.17, 15) is 64.8 Å². The summed E-state index contributed by atoms with van der Waals surface area (Å²) in [5.74, 6) is -2.84. The molecule has 0 saturated carbocycles. The number of nitrogens with zero attached hydrogens (tertiary/aromatic N) is 2. The van der Waals surface area contributed by atoms with Gasteiger partial charge in [-0.05, 0) is 60.4 Å². The van der Waals surface area contributed by atoms with Crippen LogP contribution < -0.4 is 68.6 Å². The lowest BCUT2D eigenvalue weighted by Crippen LogP contribution is -2.36. The molecular weight excluding hydrogens is 1320 g/mol. The highest BCUT2D eigenvalue weighted by Gasteiger charge is 2.33. The molecule has 2 aliphatic rings. The maximum absolute atomic E-state index is 13.0. The Kier molecular flexibility index (Phi) is 31.9. The van der Waals surface area contributed by atoms with Crippen molar-refractivity contribution in [2.45, 2.75) is 75.7 Å². The first-order chi connectivity index (χ1) is 46.1. The zero-order valence-electron chi connectivity index (χ0n) is 54.2. The number of benzene rings is 4. The fourth-order valence-corrected chi connectivity index (χ4v) is 10.6. The van der Waals surface area contributed by atoms with E-state index in [4.69, 9.17) is 62.5 Å². The fourth-order valence-electron chi connectivity index (χ4n) is 8.42. The molecule has 2 heterocycles. The van der Waals surface area contributed by atoms with E-state index in [0.717, 1.165) is 10.8 Å². The first-order valence-electron chi connectivity index (χ1n) is 29.2. The Balaban J connectivity index is 0.000000372. The SMILES string of the molecule is COc1cc(OC)c(/C=C/S(=O)(=O)Cc2ccc(OC)c(OC(=O)NCCNC(=O)CCCC(=O)O)c2)c(OC)c1.COc1cc(OC)c(/C=C/S(=O)(=O)Cc2ccc(OC)c(OC(=O)NCCNC(=O)CCCC(=O)ON3C(=O)CCC3=O)c2)c(OC)c1.O=C1CCC(=O)N1O. The van der Waals surface area contributed by atoms with Crippen molar-refractivity contribution in [3.63, 3.8) is 0 Å². The minimum atomic E-state index is -3.83. The van der Waals surface area contributed by atoms with E-state index in [1.165, 1.54) is 105 Å². The normalized spacial score (nSPS) is 12.7. The Morgan fingerprint density at radius 1 is 0.454 bits per heavy atom. The van der Waals surface area contributed by atoms with E-state index in [0.29, 0.717) is 61.8 Å². The highest BCUT2D eigenvalue weighted by atomic mass is 32.2. The average Bonchev–Trinajstić information content (AvgIpc) is 1.70. The maximum atomic E-state index is 13.0. The third-order valence-corrected chi connectivity index (χ3v) is 15.8. The Morgan fingerprint density at radius 3 is 1.13 bits per heavy atom. The molecule has 2 saturated heterocycles. The number of carbonyl (C=O) groups excluding carboxylic acids is 9. The van der Waals surface area contributed by atoms with Crippen molar-refractivity contribution in [2.24, 2.45) is 0 Å². The van der Waals surface area contributed by atoms with Crippen molar-refractivity contribution in [2.75, 3.05) is 83.1 Å². The monoisotopic (exact) mass is 1400 g/mol. The lowest BCUT2D eigenvalue weighted by Gasteiger charge is -2.13. The molecule has 0 aromatic heterocycles. The molecule has 4 aromatic rings. The highest BCUT2D eigenvalue weighted by molar-refractivity contribution is 7.93. The van der Waals surface area contributed by atoms with Gasteiger partial charge in [0.15, 0.2) is 42.7 Å². The number of carboxylic acids is 1. The molecule has 33 nitrogen and oxygen atoms in total. The number of methoxy groups -OCH3 is 8. The van der Waals surface area contributed by atoms with Gasteiger partial charge in [-0.1, -0.05) is 12.1 Å². The minimum Gasteiger partial charge on any atom is -0.496 e. The van der Waals surface area contributed by atoms with Gasteiger partial charge in [0.25, 0.3) is 23.6 Å². The van der Waals surface area contributed by atoms with Crippen LogP contribution in [0.15, 0.2) is 71.5 Å². The fraction of sp³-hybridized carbons (Fsp3) is 0.387. The predicted molar refractivity (Wildman–Crippen MR) is 341 cm³/mol. The molecule has 0 unspecified atom stereocenters. The summed E-state index contributed by atoms with van der Waals surface area (Å²) in [5, 5.41) is 29.7. The van der Waals surface area contributed by atoms with Gasteiger partial charge in [0, 0.05) is 113 Å². The van der Waals surface area contributed by atoms with Crippen molar-refractivity contribution < 1.29 is 127 Å². The molecule has 6 N–H and O–H groups in total. The van der Waals surface area contributed by atoms with E-state index in [2.05, 4.69) is 21.3 Å². The number of ether oxygens (including phenoxy) is 10. The lowest BCUT2D eigenvalue weighted by molar-refractivity contribution is -0.197. The molecule has 4 aromatic carbocycles. The van der Waals surface area contributed by atoms with Crippen LogP contribution in [0.2, 0.25) is 0 Å². The van der Waals surface area contributed by atoms with Crippen molar-refractivity contribution in [3.05, 3.63) is 93.7 Å². The number of imide groups is 2. The Morgan fingerprint density at radius 2 is 0.804 bits per heavy atom. The van der Waals surface area contributed by atoms with E-state index < -0.39 is 84.8 Å². The van der Waals surface area contributed by atoms with Crippen LogP contribution in [0.1, 0.15) is 86.5 Å². The van der Waals surface area contributed by atoms with Crippen LogP contribution >= 0.6 is 0 Å². The molecule has 2 fully saturated rings. The van der Waals surface area contributed by atoms with Gasteiger partial charge in [-0.3, -0.25) is 38.8 Å². The topological polar surface area (TPSA) is 436 Å². The van der Waals surface area contributed by atoms with Gasteiger partial charge in [0.2, 0.25) is 11.8 Å². The van der Waals surface area contributed by atoms with E-state index >= 15 is 0 Å². The van der Waals surface area contributed by atoms with Crippen LogP contribution in [0.3, 0.4) is 0 Å². The van der Waals surface area contributed by atoms with Crippen LogP contribution in [-0.4, -0.2) is 180 Å². The standard InChI is InChI=1S/C31H37N3O13S.C27H34N2O11S.C4H5NO3/c1-42-21-17-24(44-3)22(25(18-21)45-4)12-15-48(40,41)19-20-8-9-23(43-2)26(16-20)46-31(39)33-14-13-32-27(35)6-5-7-30(38)47-34-28(36)10-11-29(34)37;1-36-19-15-22(38-3)20(23(16-19)39-4)10-13-41(34,35)17-18-8-9-21(37-2)24(14-18)40-27(33)29-12-11-28-25(30)6-5-7-26(31)32;6-3-1-2-4(7)5(3)8/h8-9,12,15-18H,5-7,10-11,13-14,19H2,1-4H3,(H,32,35)(H,33,39);8-10,13-16H,5-7,11-12,17H2,1-4H3,(H,28,30)(H,29,33)(H,31,32);8H,1-2H2/b15-12+;13-10+;. The van der Waals surface area contributed by atoms with E-state index in [1.54, 1.807) is 24.3 Å². The number of amides is 8. The molecule has 0 atom stereocenters.